The Labute approximate surface area is 108 Å². The minimum Gasteiger partial charge on any atom is -0.302 e. The normalized spacial score (nSPS) is 25.8. The molecule has 1 saturated carbocycles. The van der Waals surface area contributed by atoms with E-state index in [9.17, 15) is 0 Å². The van der Waals surface area contributed by atoms with E-state index in [0.29, 0.717) is 0 Å². The van der Waals surface area contributed by atoms with Crippen LogP contribution in [0.15, 0.2) is 0 Å². The summed E-state index contributed by atoms with van der Waals surface area (Å²) in [6.45, 7) is 11.9. The Morgan fingerprint density at radius 2 is 1.82 bits per heavy atom. The number of rotatable bonds is 7. The summed E-state index contributed by atoms with van der Waals surface area (Å²) in [7, 11) is 2.32. The first kappa shape index (κ1) is 15.0. The van der Waals surface area contributed by atoms with Crippen molar-refractivity contribution >= 4 is 0 Å². The van der Waals surface area contributed by atoms with Crippen molar-refractivity contribution in [2.24, 2.45) is 5.92 Å². The number of hydrogen-bond donors (Lipinski definition) is 0. The molecule has 0 spiro atoms. The van der Waals surface area contributed by atoms with Gasteiger partial charge in [0.15, 0.2) is 0 Å². The fourth-order valence-corrected chi connectivity index (χ4v) is 3.03. The van der Waals surface area contributed by atoms with Crippen LogP contribution in [0.2, 0.25) is 0 Å². The van der Waals surface area contributed by atoms with Gasteiger partial charge >= 0.3 is 0 Å². The third-order valence-corrected chi connectivity index (χ3v) is 4.29. The molecule has 0 aromatic carbocycles. The molecule has 0 heterocycles. The van der Waals surface area contributed by atoms with E-state index in [1.807, 2.05) is 0 Å². The van der Waals surface area contributed by atoms with Crippen LogP contribution in [0.1, 0.15) is 52.9 Å². The van der Waals surface area contributed by atoms with Crippen LogP contribution in [0, 0.1) is 5.92 Å². The molecule has 0 saturated heterocycles. The fraction of sp³-hybridized carbons (Fsp3) is 1.00. The molecule has 102 valence electrons. The third kappa shape index (κ3) is 5.39. The predicted octanol–water partition coefficient (Wildman–Crippen LogP) is 3.23. The van der Waals surface area contributed by atoms with Gasteiger partial charge < -0.3 is 9.80 Å². The molecule has 1 aliphatic carbocycles. The molecule has 0 radical (unpaired) electrons. The smallest absolute Gasteiger partial charge is 0.0109 e. The van der Waals surface area contributed by atoms with Crippen molar-refractivity contribution in [3.8, 4) is 0 Å². The standard InChI is InChI=1S/C15H32N2/c1-5-10-17(6-2)12-11-16(4)15-9-7-8-14(3)13-15/h14-15H,5-13H2,1-4H3. The lowest BCUT2D eigenvalue weighted by Crippen LogP contribution is -2.40. The van der Waals surface area contributed by atoms with Gasteiger partial charge in [0.05, 0.1) is 0 Å². The summed E-state index contributed by atoms with van der Waals surface area (Å²) in [6, 6.07) is 0.846. The first-order valence-corrected chi connectivity index (χ1v) is 7.59. The van der Waals surface area contributed by atoms with Crippen LogP contribution in [-0.4, -0.2) is 49.1 Å². The average Bonchev–Trinajstić information content (AvgIpc) is 2.34. The zero-order chi connectivity index (χ0) is 12.7. The fourth-order valence-electron chi connectivity index (χ4n) is 3.03. The summed E-state index contributed by atoms with van der Waals surface area (Å²) in [4.78, 5) is 5.18. The summed E-state index contributed by atoms with van der Waals surface area (Å²) >= 11 is 0. The molecule has 17 heavy (non-hydrogen) atoms. The van der Waals surface area contributed by atoms with Crippen molar-refractivity contribution in [3.63, 3.8) is 0 Å². The van der Waals surface area contributed by atoms with Crippen molar-refractivity contribution in [2.75, 3.05) is 33.2 Å². The maximum atomic E-state index is 2.61. The number of hydrogen-bond acceptors (Lipinski definition) is 2. The summed E-state index contributed by atoms with van der Waals surface area (Å²) in [5.41, 5.74) is 0. The number of nitrogens with zero attached hydrogens (tertiary/aromatic N) is 2. The molecular formula is C15H32N2. The van der Waals surface area contributed by atoms with Gasteiger partial charge in [-0.15, -0.1) is 0 Å². The maximum Gasteiger partial charge on any atom is 0.0109 e. The van der Waals surface area contributed by atoms with Crippen LogP contribution in [-0.2, 0) is 0 Å². The Morgan fingerprint density at radius 3 is 2.41 bits per heavy atom. The maximum absolute atomic E-state index is 2.61. The molecule has 0 N–H and O–H groups in total. The Bertz CT molecular complexity index is 193. The first-order chi connectivity index (χ1) is 8.17. The average molecular weight is 240 g/mol. The van der Waals surface area contributed by atoms with Crippen molar-refractivity contribution in [2.45, 2.75) is 58.9 Å². The molecule has 0 aliphatic heterocycles. The molecular weight excluding hydrogens is 208 g/mol. The van der Waals surface area contributed by atoms with Crippen LogP contribution < -0.4 is 0 Å². The first-order valence-electron chi connectivity index (χ1n) is 7.59. The van der Waals surface area contributed by atoms with Crippen molar-refractivity contribution in [1.29, 1.82) is 0 Å². The highest BCUT2D eigenvalue weighted by atomic mass is 15.2. The quantitative estimate of drug-likeness (QED) is 0.674. The molecule has 2 unspecified atom stereocenters. The molecule has 0 bridgehead atoms. The van der Waals surface area contributed by atoms with E-state index < -0.39 is 0 Å². The molecule has 2 atom stereocenters. The number of likely N-dealkylation sites (N-methyl/N-ethyl adjacent to an activating group) is 2. The molecule has 0 aromatic rings. The molecule has 1 aliphatic rings. The Morgan fingerprint density at radius 1 is 1.06 bits per heavy atom. The SMILES string of the molecule is CCCN(CC)CCN(C)C1CCCC(C)C1. The summed E-state index contributed by atoms with van der Waals surface area (Å²) in [5, 5.41) is 0. The highest BCUT2D eigenvalue weighted by Crippen LogP contribution is 2.26. The van der Waals surface area contributed by atoms with Gasteiger partial charge in [0.1, 0.15) is 0 Å². The van der Waals surface area contributed by atoms with E-state index in [-0.39, 0.29) is 0 Å². The van der Waals surface area contributed by atoms with E-state index in [1.165, 1.54) is 58.3 Å². The zero-order valence-electron chi connectivity index (χ0n) is 12.4. The Hall–Kier alpha value is -0.0800. The molecule has 1 rings (SSSR count). The summed E-state index contributed by atoms with van der Waals surface area (Å²) in [6.07, 6.45) is 6.99. The van der Waals surface area contributed by atoms with Crippen LogP contribution in [0.5, 0.6) is 0 Å². The molecule has 2 nitrogen and oxygen atoms in total. The van der Waals surface area contributed by atoms with E-state index in [1.54, 1.807) is 0 Å². The van der Waals surface area contributed by atoms with Crippen LogP contribution in [0.4, 0.5) is 0 Å². The van der Waals surface area contributed by atoms with Gasteiger partial charge in [-0.1, -0.05) is 33.6 Å². The van der Waals surface area contributed by atoms with Gasteiger partial charge in [-0.25, -0.2) is 0 Å². The van der Waals surface area contributed by atoms with E-state index in [0.717, 1.165) is 12.0 Å². The molecule has 0 amide bonds. The van der Waals surface area contributed by atoms with E-state index in [2.05, 4.69) is 37.6 Å². The van der Waals surface area contributed by atoms with Crippen molar-refractivity contribution in [1.82, 2.24) is 9.80 Å². The third-order valence-electron chi connectivity index (χ3n) is 4.29. The lowest BCUT2D eigenvalue weighted by atomic mass is 9.86. The van der Waals surface area contributed by atoms with Gasteiger partial charge in [-0.2, -0.15) is 0 Å². The van der Waals surface area contributed by atoms with Gasteiger partial charge in [-0.05, 0) is 45.3 Å². The van der Waals surface area contributed by atoms with Gasteiger partial charge in [0.25, 0.3) is 0 Å². The van der Waals surface area contributed by atoms with Gasteiger partial charge in [-0.3, -0.25) is 0 Å². The molecule has 0 aromatic heterocycles. The minimum absolute atomic E-state index is 0.846. The van der Waals surface area contributed by atoms with E-state index >= 15 is 0 Å². The predicted molar refractivity (Wildman–Crippen MR) is 76.5 cm³/mol. The molecule has 1 fully saturated rings. The topological polar surface area (TPSA) is 6.48 Å². The summed E-state index contributed by atoms with van der Waals surface area (Å²) in [5.74, 6) is 0.939. The van der Waals surface area contributed by atoms with Gasteiger partial charge in [0.2, 0.25) is 0 Å². The lowest BCUT2D eigenvalue weighted by Gasteiger charge is -2.35. The highest BCUT2D eigenvalue weighted by Gasteiger charge is 2.22. The Balaban J connectivity index is 2.25. The van der Waals surface area contributed by atoms with Crippen LogP contribution >= 0.6 is 0 Å². The highest BCUT2D eigenvalue weighted by molar-refractivity contribution is 4.77. The lowest BCUT2D eigenvalue weighted by molar-refractivity contribution is 0.143. The van der Waals surface area contributed by atoms with E-state index in [4.69, 9.17) is 0 Å². The van der Waals surface area contributed by atoms with Crippen LogP contribution in [0.3, 0.4) is 0 Å². The minimum atomic E-state index is 0.846. The second kappa shape index (κ2) is 8.10. The second-order valence-electron chi connectivity index (χ2n) is 5.84. The summed E-state index contributed by atoms with van der Waals surface area (Å²) < 4.78 is 0. The Kier molecular flexibility index (Phi) is 7.14. The second-order valence-corrected chi connectivity index (χ2v) is 5.84. The van der Waals surface area contributed by atoms with Crippen molar-refractivity contribution in [3.05, 3.63) is 0 Å². The molecule has 2 heteroatoms. The van der Waals surface area contributed by atoms with Crippen LogP contribution in [0.25, 0.3) is 0 Å². The van der Waals surface area contributed by atoms with Crippen molar-refractivity contribution < 1.29 is 0 Å². The van der Waals surface area contributed by atoms with Gasteiger partial charge in [0, 0.05) is 19.1 Å². The zero-order valence-corrected chi connectivity index (χ0v) is 12.4. The monoisotopic (exact) mass is 240 g/mol. The largest absolute Gasteiger partial charge is 0.302 e.